The van der Waals surface area contributed by atoms with Crippen LogP contribution in [0.5, 0.6) is 5.75 Å². The standard InChI is InChI=1S/C18H18N4O4/c1-11(26-12-7-5-4-6-8-12)16(23)20-13-9-10-19-15-14(13)17(24)22(3)18(25)21(15)2/h4-11H,1-3H3,(H,19,20,23). The molecule has 1 atom stereocenters. The number of hydrogen-bond acceptors (Lipinski definition) is 5. The van der Waals surface area contributed by atoms with Gasteiger partial charge >= 0.3 is 5.69 Å². The number of para-hydroxylation sites is 1. The van der Waals surface area contributed by atoms with E-state index in [1.165, 1.54) is 30.9 Å². The number of carbonyl (C=O) groups is 1. The summed E-state index contributed by atoms with van der Waals surface area (Å²) >= 11 is 0. The number of amides is 1. The molecule has 3 aromatic rings. The van der Waals surface area contributed by atoms with Gasteiger partial charge in [0.15, 0.2) is 11.8 Å². The highest BCUT2D eigenvalue weighted by molar-refractivity contribution is 6.01. The van der Waals surface area contributed by atoms with Crippen LogP contribution in [0.1, 0.15) is 6.92 Å². The van der Waals surface area contributed by atoms with Gasteiger partial charge in [0.25, 0.3) is 11.5 Å². The Labute approximate surface area is 148 Å². The Morgan fingerprint density at radius 3 is 2.50 bits per heavy atom. The number of nitrogens with one attached hydrogen (secondary N) is 1. The van der Waals surface area contributed by atoms with Crippen LogP contribution >= 0.6 is 0 Å². The van der Waals surface area contributed by atoms with Crippen molar-refractivity contribution < 1.29 is 9.53 Å². The second-order valence-electron chi connectivity index (χ2n) is 5.83. The summed E-state index contributed by atoms with van der Waals surface area (Å²) in [5.74, 6) is 0.144. The van der Waals surface area contributed by atoms with E-state index in [0.717, 1.165) is 4.57 Å². The van der Waals surface area contributed by atoms with Gasteiger partial charge in [-0.15, -0.1) is 0 Å². The maximum atomic E-state index is 12.5. The lowest BCUT2D eigenvalue weighted by Gasteiger charge is -2.16. The number of nitrogens with zero attached hydrogens (tertiary/aromatic N) is 3. The lowest BCUT2D eigenvalue weighted by molar-refractivity contribution is -0.122. The Morgan fingerprint density at radius 1 is 1.12 bits per heavy atom. The topological polar surface area (TPSA) is 95.2 Å². The van der Waals surface area contributed by atoms with E-state index in [1.54, 1.807) is 31.2 Å². The molecular weight excluding hydrogens is 336 g/mol. The molecule has 0 radical (unpaired) electrons. The van der Waals surface area contributed by atoms with E-state index >= 15 is 0 Å². The summed E-state index contributed by atoms with van der Waals surface area (Å²) in [5.41, 5.74) is -0.533. The highest BCUT2D eigenvalue weighted by Gasteiger charge is 2.19. The number of fused-ring (bicyclic) bond motifs is 1. The summed E-state index contributed by atoms with van der Waals surface area (Å²) in [4.78, 5) is 41.1. The van der Waals surface area contributed by atoms with Gasteiger partial charge in [0.1, 0.15) is 11.1 Å². The monoisotopic (exact) mass is 354 g/mol. The van der Waals surface area contributed by atoms with Gasteiger partial charge in [-0.2, -0.15) is 0 Å². The number of pyridine rings is 1. The summed E-state index contributed by atoms with van der Waals surface area (Å²) in [7, 11) is 2.90. The molecule has 0 spiro atoms. The molecule has 1 aromatic carbocycles. The second-order valence-corrected chi connectivity index (χ2v) is 5.83. The first-order chi connectivity index (χ1) is 12.4. The summed E-state index contributed by atoms with van der Waals surface area (Å²) < 4.78 is 7.83. The summed E-state index contributed by atoms with van der Waals surface area (Å²) in [5, 5.41) is 2.85. The maximum absolute atomic E-state index is 12.5. The fourth-order valence-corrected chi connectivity index (χ4v) is 2.58. The molecule has 1 N–H and O–H groups in total. The summed E-state index contributed by atoms with van der Waals surface area (Å²) in [6.45, 7) is 1.61. The van der Waals surface area contributed by atoms with E-state index in [9.17, 15) is 14.4 Å². The number of benzene rings is 1. The Morgan fingerprint density at radius 2 is 1.81 bits per heavy atom. The zero-order valence-corrected chi connectivity index (χ0v) is 14.6. The van der Waals surface area contributed by atoms with Gasteiger partial charge in [-0.3, -0.25) is 18.7 Å². The van der Waals surface area contributed by atoms with Crippen LogP contribution in [0.25, 0.3) is 11.0 Å². The normalized spacial score (nSPS) is 12.0. The minimum atomic E-state index is -0.781. The highest BCUT2D eigenvalue weighted by Crippen LogP contribution is 2.17. The average molecular weight is 354 g/mol. The minimum Gasteiger partial charge on any atom is -0.481 e. The average Bonchev–Trinajstić information content (AvgIpc) is 2.65. The lowest BCUT2D eigenvalue weighted by atomic mass is 10.2. The molecule has 0 aliphatic heterocycles. The SMILES string of the molecule is CC(Oc1ccccc1)C(=O)Nc1ccnc2c1c(=O)n(C)c(=O)n2C. The van der Waals surface area contributed by atoms with Gasteiger partial charge in [-0.05, 0) is 25.1 Å². The molecule has 1 unspecified atom stereocenters. The summed E-state index contributed by atoms with van der Waals surface area (Å²) in [6.07, 6.45) is 0.650. The van der Waals surface area contributed by atoms with Crippen molar-refractivity contribution in [2.75, 3.05) is 5.32 Å². The van der Waals surface area contributed by atoms with Crippen molar-refractivity contribution in [3.63, 3.8) is 0 Å². The molecule has 0 bridgehead atoms. The highest BCUT2D eigenvalue weighted by atomic mass is 16.5. The molecule has 2 heterocycles. The molecule has 0 aliphatic carbocycles. The van der Waals surface area contributed by atoms with E-state index in [4.69, 9.17) is 4.74 Å². The molecule has 1 amide bonds. The van der Waals surface area contributed by atoms with Crippen molar-refractivity contribution in [3.8, 4) is 5.75 Å². The predicted octanol–water partition coefficient (Wildman–Crippen LogP) is 1.04. The van der Waals surface area contributed by atoms with Crippen LogP contribution in [-0.4, -0.2) is 26.1 Å². The van der Waals surface area contributed by atoms with Crippen molar-refractivity contribution >= 4 is 22.6 Å². The second kappa shape index (κ2) is 6.83. The molecular formula is C18H18N4O4. The first-order valence-electron chi connectivity index (χ1n) is 7.97. The molecule has 8 nitrogen and oxygen atoms in total. The molecule has 3 rings (SSSR count). The minimum absolute atomic E-state index is 0.164. The van der Waals surface area contributed by atoms with Crippen molar-refractivity contribution in [2.24, 2.45) is 14.1 Å². The van der Waals surface area contributed by atoms with Gasteiger partial charge in [-0.25, -0.2) is 9.78 Å². The van der Waals surface area contributed by atoms with Crippen LogP contribution in [0.3, 0.4) is 0 Å². The van der Waals surface area contributed by atoms with Gasteiger partial charge in [0.2, 0.25) is 0 Å². The molecule has 8 heteroatoms. The fourth-order valence-electron chi connectivity index (χ4n) is 2.58. The Bertz CT molecular complexity index is 1090. The van der Waals surface area contributed by atoms with Gasteiger partial charge in [0.05, 0.1) is 5.69 Å². The van der Waals surface area contributed by atoms with Crippen molar-refractivity contribution in [1.82, 2.24) is 14.1 Å². The van der Waals surface area contributed by atoms with Gasteiger partial charge in [0, 0.05) is 20.3 Å². The van der Waals surface area contributed by atoms with Crippen LogP contribution in [0.4, 0.5) is 5.69 Å². The third kappa shape index (κ3) is 3.08. The Balaban J connectivity index is 1.95. The van der Waals surface area contributed by atoms with Crippen molar-refractivity contribution in [2.45, 2.75) is 13.0 Å². The third-order valence-corrected chi connectivity index (χ3v) is 4.02. The molecule has 0 saturated heterocycles. The maximum Gasteiger partial charge on any atom is 0.332 e. The number of anilines is 1. The zero-order chi connectivity index (χ0) is 18.8. The van der Waals surface area contributed by atoms with E-state index in [-0.39, 0.29) is 16.7 Å². The summed E-state index contributed by atoms with van der Waals surface area (Å²) in [6, 6.07) is 10.5. The largest absolute Gasteiger partial charge is 0.481 e. The molecule has 26 heavy (non-hydrogen) atoms. The third-order valence-electron chi connectivity index (χ3n) is 4.02. The number of carbonyl (C=O) groups excluding carboxylic acids is 1. The molecule has 0 aliphatic rings. The van der Waals surface area contributed by atoms with Gasteiger partial charge in [-0.1, -0.05) is 18.2 Å². The Kier molecular flexibility index (Phi) is 4.57. The number of aryl methyl sites for hydroxylation is 1. The van der Waals surface area contributed by atoms with Crippen LogP contribution in [0.15, 0.2) is 52.2 Å². The van der Waals surface area contributed by atoms with E-state index in [2.05, 4.69) is 10.3 Å². The fraction of sp³-hybridized carbons (Fsp3) is 0.222. The molecule has 0 fully saturated rings. The van der Waals surface area contributed by atoms with Crippen LogP contribution in [-0.2, 0) is 18.9 Å². The number of rotatable bonds is 4. The van der Waals surface area contributed by atoms with E-state index in [1.807, 2.05) is 6.07 Å². The van der Waals surface area contributed by atoms with Crippen LogP contribution < -0.4 is 21.3 Å². The molecule has 0 saturated carbocycles. The lowest BCUT2D eigenvalue weighted by Crippen LogP contribution is -2.38. The quantitative estimate of drug-likeness (QED) is 0.755. The van der Waals surface area contributed by atoms with E-state index < -0.39 is 23.3 Å². The number of ether oxygens (including phenoxy) is 1. The predicted molar refractivity (Wildman–Crippen MR) is 97.4 cm³/mol. The molecule has 2 aromatic heterocycles. The zero-order valence-electron chi connectivity index (χ0n) is 14.6. The van der Waals surface area contributed by atoms with Crippen LogP contribution in [0, 0.1) is 0 Å². The number of aromatic nitrogens is 3. The van der Waals surface area contributed by atoms with Crippen molar-refractivity contribution in [1.29, 1.82) is 0 Å². The first-order valence-corrected chi connectivity index (χ1v) is 7.97. The van der Waals surface area contributed by atoms with E-state index in [0.29, 0.717) is 5.75 Å². The molecule has 134 valence electrons. The first kappa shape index (κ1) is 17.4. The Hall–Kier alpha value is -3.42. The number of hydrogen-bond donors (Lipinski definition) is 1. The van der Waals surface area contributed by atoms with Crippen LogP contribution in [0.2, 0.25) is 0 Å². The van der Waals surface area contributed by atoms with Gasteiger partial charge < -0.3 is 10.1 Å². The van der Waals surface area contributed by atoms with Crippen molar-refractivity contribution in [3.05, 3.63) is 63.4 Å². The smallest absolute Gasteiger partial charge is 0.332 e.